The summed E-state index contributed by atoms with van der Waals surface area (Å²) in [6, 6.07) is 5.47. The van der Waals surface area contributed by atoms with Crippen LogP contribution in [-0.2, 0) is 11.2 Å². The second-order valence-electron chi connectivity index (χ2n) is 5.77. The fourth-order valence-corrected chi connectivity index (χ4v) is 2.74. The minimum absolute atomic E-state index is 0.0279. The maximum atomic E-state index is 12.3. The number of hydrogen-bond acceptors (Lipinski definition) is 4. The van der Waals surface area contributed by atoms with Crippen molar-refractivity contribution in [2.24, 2.45) is 5.92 Å². The van der Waals surface area contributed by atoms with Crippen LogP contribution in [-0.4, -0.2) is 23.5 Å². The Balaban J connectivity index is 1.73. The van der Waals surface area contributed by atoms with E-state index in [-0.39, 0.29) is 11.9 Å². The summed E-state index contributed by atoms with van der Waals surface area (Å²) >= 11 is 0. The highest BCUT2D eigenvalue weighted by atomic mass is 16.3. The van der Waals surface area contributed by atoms with Crippen molar-refractivity contribution in [2.45, 2.75) is 39.2 Å². The quantitative estimate of drug-likeness (QED) is 0.911. The largest absolute Gasteiger partial charge is 0.441 e. The summed E-state index contributed by atoms with van der Waals surface area (Å²) in [6.45, 7) is 5.10. The van der Waals surface area contributed by atoms with Gasteiger partial charge in [-0.2, -0.15) is 0 Å². The predicted molar refractivity (Wildman–Crippen MR) is 82.2 cm³/mol. The zero-order valence-electron chi connectivity index (χ0n) is 12.5. The summed E-state index contributed by atoms with van der Waals surface area (Å²) in [5, 5.41) is 6.24. The molecule has 1 fully saturated rings. The van der Waals surface area contributed by atoms with Crippen LogP contribution in [0.3, 0.4) is 0 Å². The van der Waals surface area contributed by atoms with E-state index in [1.54, 1.807) is 0 Å². The van der Waals surface area contributed by atoms with Gasteiger partial charge in [0.1, 0.15) is 5.52 Å². The summed E-state index contributed by atoms with van der Waals surface area (Å²) < 4.78 is 5.57. The number of anilines is 1. The first kappa shape index (κ1) is 14.1. The molecule has 0 aliphatic carbocycles. The smallest absolute Gasteiger partial charge is 0.241 e. The van der Waals surface area contributed by atoms with Gasteiger partial charge >= 0.3 is 0 Å². The molecule has 3 rings (SSSR count). The van der Waals surface area contributed by atoms with Crippen molar-refractivity contribution in [3.63, 3.8) is 0 Å². The molecule has 1 aliphatic heterocycles. The average Bonchev–Trinajstić information content (AvgIpc) is 2.89. The monoisotopic (exact) mass is 287 g/mol. The number of carbonyl (C=O) groups is 1. The van der Waals surface area contributed by atoms with Crippen LogP contribution in [0.1, 0.15) is 32.6 Å². The number of aryl methyl sites for hydroxylation is 1. The van der Waals surface area contributed by atoms with Crippen molar-refractivity contribution in [3.8, 4) is 0 Å². The minimum Gasteiger partial charge on any atom is -0.441 e. The number of benzene rings is 1. The molecule has 2 unspecified atom stereocenters. The number of oxazole rings is 1. The van der Waals surface area contributed by atoms with Gasteiger partial charge in [-0.25, -0.2) is 4.98 Å². The Kier molecular flexibility index (Phi) is 3.92. The van der Waals surface area contributed by atoms with Crippen molar-refractivity contribution >= 4 is 22.7 Å². The number of rotatable bonds is 3. The van der Waals surface area contributed by atoms with E-state index in [0.717, 1.165) is 48.5 Å². The molecule has 21 heavy (non-hydrogen) atoms. The maximum Gasteiger partial charge on any atom is 0.241 e. The van der Waals surface area contributed by atoms with Gasteiger partial charge in [0.2, 0.25) is 5.91 Å². The molecule has 1 aliphatic rings. The SMILES string of the molecule is CCc1nc2cc(NC(=O)C3CC(C)CCN3)ccc2o1. The number of amides is 1. The number of nitrogens with zero attached hydrogens (tertiary/aromatic N) is 1. The lowest BCUT2D eigenvalue weighted by atomic mass is 9.94. The highest BCUT2D eigenvalue weighted by molar-refractivity contribution is 5.96. The van der Waals surface area contributed by atoms with Crippen molar-refractivity contribution in [3.05, 3.63) is 24.1 Å². The molecule has 1 aromatic carbocycles. The standard InChI is InChI=1S/C16H21N3O2/c1-3-15-19-12-9-11(4-5-14(12)21-15)18-16(20)13-8-10(2)6-7-17-13/h4-5,9-10,13,17H,3,6-8H2,1-2H3,(H,18,20). The van der Waals surface area contributed by atoms with Crippen LogP contribution in [0.4, 0.5) is 5.69 Å². The second kappa shape index (κ2) is 5.85. The number of nitrogens with one attached hydrogen (secondary N) is 2. The summed E-state index contributed by atoms with van der Waals surface area (Å²) in [5.41, 5.74) is 2.31. The van der Waals surface area contributed by atoms with E-state index in [9.17, 15) is 4.79 Å². The Morgan fingerprint density at radius 3 is 3.14 bits per heavy atom. The molecule has 2 heterocycles. The van der Waals surface area contributed by atoms with Crippen LogP contribution in [0.15, 0.2) is 22.6 Å². The molecular weight excluding hydrogens is 266 g/mol. The first-order chi connectivity index (χ1) is 10.2. The second-order valence-corrected chi connectivity index (χ2v) is 5.77. The number of hydrogen-bond donors (Lipinski definition) is 2. The number of piperidine rings is 1. The Hall–Kier alpha value is -1.88. The van der Waals surface area contributed by atoms with Crippen LogP contribution in [0.25, 0.3) is 11.1 Å². The Bertz CT molecular complexity index is 650. The molecule has 2 atom stereocenters. The number of fused-ring (bicyclic) bond motifs is 1. The predicted octanol–water partition coefficient (Wildman–Crippen LogP) is 2.72. The molecule has 2 N–H and O–H groups in total. The maximum absolute atomic E-state index is 12.3. The van der Waals surface area contributed by atoms with Gasteiger partial charge in [0.15, 0.2) is 11.5 Å². The van der Waals surface area contributed by atoms with Crippen molar-refractivity contribution in [1.29, 1.82) is 0 Å². The van der Waals surface area contributed by atoms with Gasteiger partial charge in [0, 0.05) is 12.1 Å². The third-order valence-electron chi connectivity index (χ3n) is 3.98. The van der Waals surface area contributed by atoms with Gasteiger partial charge in [-0.1, -0.05) is 13.8 Å². The van der Waals surface area contributed by atoms with E-state index >= 15 is 0 Å². The Morgan fingerprint density at radius 1 is 1.52 bits per heavy atom. The van der Waals surface area contributed by atoms with E-state index in [1.165, 1.54) is 0 Å². The van der Waals surface area contributed by atoms with Gasteiger partial charge in [0.25, 0.3) is 0 Å². The van der Waals surface area contributed by atoms with Gasteiger partial charge in [-0.05, 0) is 43.5 Å². The average molecular weight is 287 g/mol. The molecule has 112 valence electrons. The lowest BCUT2D eigenvalue weighted by Crippen LogP contribution is -2.45. The normalized spacial score (nSPS) is 22.4. The van der Waals surface area contributed by atoms with Gasteiger partial charge < -0.3 is 15.1 Å². The third-order valence-corrected chi connectivity index (χ3v) is 3.98. The van der Waals surface area contributed by atoms with Crippen LogP contribution in [0.5, 0.6) is 0 Å². The fourth-order valence-electron chi connectivity index (χ4n) is 2.74. The number of aromatic nitrogens is 1. The zero-order chi connectivity index (χ0) is 14.8. The van der Waals surface area contributed by atoms with Gasteiger partial charge in [0.05, 0.1) is 6.04 Å². The molecule has 0 radical (unpaired) electrons. The van der Waals surface area contributed by atoms with Gasteiger partial charge in [-0.3, -0.25) is 4.79 Å². The molecule has 0 bridgehead atoms. The lowest BCUT2D eigenvalue weighted by Gasteiger charge is -2.27. The Labute approximate surface area is 124 Å². The topological polar surface area (TPSA) is 67.2 Å². The molecule has 1 amide bonds. The molecule has 5 nitrogen and oxygen atoms in total. The van der Waals surface area contributed by atoms with E-state index < -0.39 is 0 Å². The van der Waals surface area contributed by atoms with Crippen molar-refractivity contribution in [2.75, 3.05) is 11.9 Å². The minimum atomic E-state index is -0.104. The summed E-state index contributed by atoms with van der Waals surface area (Å²) in [5.74, 6) is 1.34. The first-order valence-corrected chi connectivity index (χ1v) is 7.59. The molecule has 1 saturated heterocycles. The first-order valence-electron chi connectivity index (χ1n) is 7.59. The molecule has 1 aromatic heterocycles. The molecule has 0 spiro atoms. The van der Waals surface area contributed by atoms with Crippen LogP contribution in [0.2, 0.25) is 0 Å². The summed E-state index contributed by atoms with van der Waals surface area (Å²) in [4.78, 5) is 16.7. The number of carbonyl (C=O) groups excluding carboxylic acids is 1. The van der Waals surface area contributed by atoms with Crippen LogP contribution < -0.4 is 10.6 Å². The molecule has 2 aromatic rings. The molecule has 0 saturated carbocycles. The van der Waals surface area contributed by atoms with Crippen molar-refractivity contribution in [1.82, 2.24) is 10.3 Å². The highest BCUT2D eigenvalue weighted by Gasteiger charge is 2.24. The highest BCUT2D eigenvalue weighted by Crippen LogP contribution is 2.21. The Morgan fingerprint density at radius 2 is 2.38 bits per heavy atom. The lowest BCUT2D eigenvalue weighted by molar-refractivity contribution is -0.119. The van der Waals surface area contributed by atoms with Crippen molar-refractivity contribution < 1.29 is 9.21 Å². The fraction of sp³-hybridized carbons (Fsp3) is 0.500. The van der Waals surface area contributed by atoms with E-state index in [0.29, 0.717) is 5.92 Å². The van der Waals surface area contributed by atoms with Gasteiger partial charge in [-0.15, -0.1) is 0 Å². The van der Waals surface area contributed by atoms with E-state index in [1.807, 2.05) is 25.1 Å². The van der Waals surface area contributed by atoms with E-state index in [2.05, 4.69) is 22.5 Å². The van der Waals surface area contributed by atoms with Crippen LogP contribution >= 0.6 is 0 Å². The summed E-state index contributed by atoms with van der Waals surface area (Å²) in [6.07, 6.45) is 2.78. The van der Waals surface area contributed by atoms with E-state index in [4.69, 9.17) is 4.42 Å². The molecular formula is C16H21N3O2. The zero-order valence-corrected chi connectivity index (χ0v) is 12.5. The summed E-state index contributed by atoms with van der Waals surface area (Å²) in [7, 11) is 0. The molecule has 5 heteroatoms. The third kappa shape index (κ3) is 3.08. The van der Waals surface area contributed by atoms with Crippen LogP contribution in [0, 0.1) is 5.92 Å².